The molecule has 1 fully saturated rings. The molecule has 1 aliphatic rings. The Morgan fingerprint density at radius 3 is 2.47 bits per heavy atom. The quantitative estimate of drug-likeness (QED) is 0.606. The van der Waals surface area contributed by atoms with Crippen LogP contribution in [0.5, 0.6) is 0 Å². The van der Waals surface area contributed by atoms with Gasteiger partial charge in [-0.25, -0.2) is 23.5 Å². The standard InChI is InChI=1S/C21H19ClN4O3S/c22-18-4-2-1-3-14(18)9-20(27)26-16-7-8-17(19(10-16)30(23,28)29)15-11-24-21(25-12-15)13-5-6-13/h1-4,7-8,10-13H,5-6,9H2,(H,26,27)(H2,23,28,29). The predicted molar refractivity (Wildman–Crippen MR) is 115 cm³/mol. The maximum atomic E-state index is 12.4. The van der Waals surface area contributed by atoms with Gasteiger partial charge in [0.05, 0.1) is 11.3 Å². The lowest BCUT2D eigenvalue weighted by molar-refractivity contribution is -0.115. The minimum atomic E-state index is -4.05. The number of primary sulfonamides is 1. The Labute approximate surface area is 179 Å². The van der Waals surface area contributed by atoms with Crippen LogP contribution in [0, 0.1) is 0 Å². The van der Waals surface area contributed by atoms with Gasteiger partial charge in [-0.15, -0.1) is 0 Å². The van der Waals surface area contributed by atoms with E-state index >= 15 is 0 Å². The fraction of sp³-hybridized carbons (Fsp3) is 0.190. The fourth-order valence-electron chi connectivity index (χ4n) is 3.12. The van der Waals surface area contributed by atoms with E-state index in [-0.39, 0.29) is 17.2 Å². The van der Waals surface area contributed by atoms with Gasteiger partial charge < -0.3 is 5.32 Å². The maximum Gasteiger partial charge on any atom is 0.238 e. The van der Waals surface area contributed by atoms with E-state index in [9.17, 15) is 13.2 Å². The van der Waals surface area contributed by atoms with Crippen LogP contribution < -0.4 is 10.5 Å². The molecular formula is C21H19ClN4O3S. The highest BCUT2D eigenvalue weighted by atomic mass is 35.5. The molecule has 3 aromatic rings. The number of nitrogens with one attached hydrogen (secondary N) is 1. The number of carbonyl (C=O) groups excluding carboxylic acids is 1. The molecule has 154 valence electrons. The molecule has 1 amide bonds. The summed E-state index contributed by atoms with van der Waals surface area (Å²) >= 11 is 6.09. The molecule has 0 unspecified atom stereocenters. The number of benzene rings is 2. The molecule has 1 aromatic heterocycles. The first-order valence-electron chi connectivity index (χ1n) is 9.33. The largest absolute Gasteiger partial charge is 0.326 e. The number of hydrogen-bond donors (Lipinski definition) is 2. The molecule has 2 aromatic carbocycles. The zero-order valence-electron chi connectivity index (χ0n) is 15.9. The van der Waals surface area contributed by atoms with Gasteiger partial charge in [0.2, 0.25) is 15.9 Å². The summed E-state index contributed by atoms with van der Waals surface area (Å²) in [5.41, 5.74) is 1.91. The van der Waals surface area contributed by atoms with Crippen LogP contribution in [0.4, 0.5) is 5.69 Å². The summed E-state index contributed by atoms with van der Waals surface area (Å²) in [6.07, 6.45) is 5.40. The molecule has 0 spiro atoms. The van der Waals surface area contributed by atoms with Gasteiger partial charge in [0, 0.05) is 40.1 Å². The molecule has 4 rings (SSSR count). The van der Waals surface area contributed by atoms with Crippen LogP contribution in [0.2, 0.25) is 5.02 Å². The summed E-state index contributed by atoms with van der Waals surface area (Å²) in [4.78, 5) is 21.0. The van der Waals surface area contributed by atoms with Crippen molar-refractivity contribution in [2.75, 3.05) is 5.32 Å². The Balaban J connectivity index is 1.59. The van der Waals surface area contributed by atoms with Crippen LogP contribution in [0.25, 0.3) is 11.1 Å². The Kier molecular flexibility index (Phi) is 5.55. The number of hydrogen-bond acceptors (Lipinski definition) is 5. The number of sulfonamides is 1. The van der Waals surface area contributed by atoms with Crippen molar-refractivity contribution >= 4 is 33.2 Å². The number of halogens is 1. The molecule has 3 N–H and O–H groups in total. The minimum Gasteiger partial charge on any atom is -0.326 e. The number of amides is 1. The third kappa shape index (κ3) is 4.67. The highest BCUT2D eigenvalue weighted by Gasteiger charge is 2.26. The second-order valence-electron chi connectivity index (χ2n) is 7.18. The summed E-state index contributed by atoms with van der Waals surface area (Å²) in [5.74, 6) is 0.833. The van der Waals surface area contributed by atoms with Crippen molar-refractivity contribution in [3.05, 3.63) is 71.3 Å². The lowest BCUT2D eigenvalue weighted by Gasteiger charge is -2.12. The number of anilines is 1. The van der Waals surface area contributed by atoms with Crippen molar-refractivity contribution in [2.24, 2.45) is 5.14 Å². The fourth-order valence-corrected chi connectivity index (χ4v) is 4.11. The number of rotatable bonds is 6. The van der Waals surface area contributed by atoms with E-state index in [2.05, 4.69) is 15.3 Å². The first-order chi connectivity index (χ1) is 14.3. The predicted octanol–water partition coefficient (Wildman–Crippen LogP) is 3.50. The average Bonchev–Trinajstić information content (AvgIpc) is 3.55. The van der Waals surface area contributed by atoms with Crippen molar-refractivity contribution in [2.45, 2.75) is 30.1 Å². The number of aromatic nitrogens is 2. The summed E-state index contributed by atoms with van der Waals surface area (Å²) in [5, 5.41) is 8.61. The third-order valence-corrected chi connectivity index (χ3v) is 6.13. The highest BCUT2D eigenvalue weighted by molar-refractivity contribution is 7.89. The van der Waals surface area contributed by atoms with Gasteiger partial charge in [-0.05, 0) is 36.6 Å². The van der Waals surface area contributed by atoms with Crippen molar-refractivity contribution < 1.29 is 13.2 Å². The van der Waals surface area contributed by atoms with E-state index < -0.39 is 10.0 Å². The van der Waals surface area contributed by atoms with E-state index in [0.717, 1.165) is 18.7 Å². The summed E-state index contributed by atoms with van der Waals surface area (Å²) < 4.78 is 24.4. The topological polar surface area (TPSA) is 115 Å². The highest BCUT2D eigenvalue weighted by Crippen LogP contribution is 2.38. The van der Waals surface area contributed by atoms with Crippen molar-refractivity contribution in [3.63, 3.8) is 0 Å². The van der Waals surface area contributed by atoms with Crippen molar-refractivity contribution in [3.8, 4) is 11.1 Å². The van der Waals surface area contributed by atoms with Crippen LogP contribution in [0.3, 0.4) is 0 Å². The molecule has 1 aliphatic carbocycles. The van der Waals surface area contributed by atoms with Crippen LogP contribution in [0.15, 0.2) is 59.8 Å². The van der Waals surface area contributed by atoms with E-state index in [4.69, 9.17) is 16.7 Å². The zero-order chi connectivity index (χ0) is 21.3. The molecule has 0 atom stereocenters. The lowest BCUT2D eigenvalue weighted by atomic mass is 10.1. The number of carbonyl (C=O) groups is 1. The lowest BCUT2D eigenvalue weighted by Crippen LogP contribution is -2.17. The summed E-state index contributed by atoms with van der Waals surface area (Å²) in [7, 11) is -4.05. The summed E-state index contributed by atoms with van der Waals surface area (Å²) in [6, 6.07) is 11.6. The average molecular weight is 443 g/mol. The van der Waals surface area contributed by atoms with Gasteiger partial charge in [-0.3, -0.25) is 4.79 Å². The Morgan fingerprint density at radius 2 is 1.83 bits per heavy atom. The van der Waals surface area contributed by atoms with Crippen LogP contribution in [-0.4, -0.2) is 24.3 Å². The SMILES string of the molecule is NS(=O)(=O)c1cc(NC(=O)Cc2ccccc2Cl)ccc1-c1cnc(C2CC2)nc1. The molecule has 0 radical (unpaired) electrons. The van der Waals surface area contributed by atoms with Crippen LogP contribution >= 0.6 is 11.6 Å². The molecule has 7 nitrogen and oxygen atoms in total. The molecular weight excluding hydrogens is 424 g/mol. The van der Waals surface area contributed by atoms with E-state index in [1.807, 2.05) is 0 Å². The van der Waals surface area contributed by atoms with Gasteiger partial charge >= 0.3 is 0 Å². The number of nitrogens with two attached hydrogens (primary N) is 1. The van der Waals surface area contributed by atoms with Crippen molar-refractivity contribution in [1.82, 2.24) is 9.97 Å². The van der Waals surface area contributed by atoms with Gasteiger partial charge in [0.25, 0.3) is 0 Å². The third-order valence-electron chi connectivity index (χ3n) is 4.81. The smallest absolute Gasteiger partial charge is 0.238 e. The monoisotopic (exact) mass is 442 g/mol. The normalized spacial score (nSPS) is 13.8. The molecule has 1 saturated carbocycles. The van der Waals surface area contributed by atoms with Gasteiger partial charge in [0.15, 0.2) is 0 Å². The second kappa shape index (κ2) is 8.14. The Bertz CT molecular complexity index is 1210. The Hall–Kier alpha value is -2.81. The molecule has 30 heavy (non-hydrogen) atoms. The van der Waals surface area contributed by atoms with Gasteiger partial charge in [-0.1, -0.05) is 35.9 Å². The molecule has 9 heteroatoms. The Morgan fingerprint density at radius 1 is 1.13 bits per heavy atom. The molecule has 1 heterocycles. The van der Waals surface area contributed by atoms with Crippen LogP contribution in [0.1, 0.15) is 30.1 Å². The molecule has 0 bridgehead atoms. The first-order valence-corrected chi connectivity index (χ1v) is 11.3. The van der Waals surface area contributed by atoms with Crippen LogP contribution in [-0.2, 0) is 21.2 Å². The van der Waals surface area contributed by atoms with E-state index in [0.29, 0.717) is 33.3 Å². The summed E-state index contributed by atoms with van der Waals surface area (Å²) in [6.45, 7) is 0. The van der Waals surface area contributed by atoms with Gasteiger partial charge in [0.1, 0.15) is 5.82 Å². The second-order valence-corrected chi connectivity index (χ2v) is 9.11. The molecule has 0 saturated heterocycles. The molecule has 0 aliphatic heterocycles. The maximum absolute atomic E-state index is 12.4. The minimum absolute atomic E-state index is 0.0581. The zero-order valence-corrected chi connectivity index (χ0v) is 17.4. The number of nitrogens with zero attached hydrogens (tertiary/aromatic N) is 2. The van der Waals surface area contributed by atoms with E-state index in [1.165, 1.54) is 6.07 Å². The first kappa shape index (κ1) is 20.5. The van der Waals surface area contributed by atoms with Crippen molar-refractivity contribution in [1.29, 1.82) is 0 Å². The van der Waals surface area contributed by atoms with E-state index in [1.54, 1.807) is 48.8 Å². The van der Waals surface area contributed by atoms with Gasteiger partial charge in [-0.2, -0.15) is 0 Å².